The molecule has 0 radical (unpaired) electrons. The van der Waals surface area contributed by atoms with Crippen LogP contribution < -0.4 is 26.4 Å². The van der Waals surface area contributed by atoms with Crippen LogP contribution in [0.15, 0.2) is 46.9 Å². The van der Waals surface area contributed by atoms with Crippen molar-refractivity contribution in [3.8, 4) is 17.3 Å². The van der Waals surface area contributed by atoms with Crippen molar-refractivity contribution in [1.82, 2.24) is 15.6 Å². The second-order valence-corrected chi connectivity index (χ2v) is 8.20. The van der Waals surface area contributed by atoms with Crippen molar-refractivity contribution in [2.75, 3.05) is 18.4 Å². The Morgan fingerprint density at radius 1 is 1.15 bits per heavy atom. The predicted molar refractivity (Wildman–Crippen MR) is 125 cm³/mol. The number of nitrogens with two attached hydrogens (primary N) is 1. The Bertz CT molecular complexity index is 1140. The molecule has 1 saturated heterocycles. The van der Waals surface area contributed by atoms with Gasteiger partial charge in [-0.3, -0.25) is 4.79 Å². The highest BCUT2D eigenvalue weighted by Gasteiger charge is 2.22. The molecule has 1 aromatic heterocycles. The van der Waals surface area contributed by atoms with E-state index in [2.05, 4.69) is 20.9 Å². The Hall–Kier alpha value is -3.27. The number of amides is 2. The number of hydrogen-bond donors (Lipinski definition) is 4. The lowest BCUT2D eigenvalue weighted by Crippen LogP contribution is -2.45. The van der Waals surface area contributed by atoms with Crippen LogP contribution in [-0.4, -0.2) is 36.1 Å². The summed E-state index contributed by atoms with van der Waals surface area (Å²) in [6.45, 7) is 1.73. The fraction of sp³-hybridized carbons (Fsp3) is 0.227. The minimum atomic E-state index is -1.06. The van der Waals surface area contributed by atoms with E-state index < -0.39 is 6.09 Å². The van der Waals surface area contributed by atoms with Gasteiger partial charge < -0.3 is 30.8 Å². The fourth-order valence-electron chi connectivity index (χ4n) is 3.44. The molecule has 9 nitrogen and oxygen atoms in total. The number of ether oxygens (including phenoxy) is 1. The van der Waals surface area contributed by atoms with E-state index in [1.807, 2.05) is 0 Å². The van der Waals surface area contributed by atoms with Gasteiger partial charge in [0.15, 0.2) is 0 Å². The Morgan fingerprint density at radius 2 is 1.88 bits per heavy atom. The zero-order valence-electron chi connectivity index (χ0n) is 17.4. The molecule has 3 aromatic rings. The van der Waals surface area contributed by atoms with Gasteiger partial charge in [-0.2, -0.15) is 4.98 Å². The molecule has 2 aromatic carbocycles. The van der Waals surface area contributed by atoms with Gasteiger partial charge in [0.2, 0.25) is 5.89 Å². The van der Waals surface area contributed by atoms with Gasteiger partial charge in [-0.05, 0) is 55.8 Å². The number of anilines is 2. The average Bonchev–Trinajstić information content (AvgIpc) is 3.15. The van der Waals surface area contributed by atoms with Gasteiger partial charge in [-0.1, -0.05) is 29.3 Å². The van der Waals surface area contributed by atoms with E-state index in [0.717, 1.165) is 25.9 Å². The number of piperidine rings is 1. The van der Waals surface area contributed by atoms with Crippen molar-refractivity contribution in [2.45, 2.75) is 18.9 Å². The Morgan fingerprint density at radius 3 is 2.52 bits per heavy atom. The summed E-state index contributed by atoms with van der Waals surface area (Å²) < 4.78 is 10.7. The van der Waals surface area contributed by atoms with Crippen LogP contribution >= 0.6 is 23.2 Å². The molecule has 5 N–H and O–H groups in total. The monoisotopic (exact) mass is 489 g/mol. The molecular formula is C22H21Cl2N5O4. The van der Waals surface area contributed by atoms with E-state index in [-0.39, 0.29) is 29.6 Å². The van der Waals surface area contributed by atoms with Crippen LogP contribution in [0.1, 0.15) is 23.2 Å². The van der Waals surface area contributed by atoms with Crippen molar-refractivity contribution in [3.63, 3.8) is 0 Å². The number of primary amides is 1. The number of rotatable bonds is 6. The molecule has 2 amide bonds. The number of nitrogens with one attached hydrogen (secondary N) is 3. The standard InChI is InChI=1S/C22H21Cl2N5O4/c23-15-4-1-5-16(24)17(15)19-29-21(33-22(25)31)20(32-19)28-13-8-6-12(7-9-13)18(30)27-14-3-2-10-26-11-14/h1,4-9,14,26,28H,2-3,10-11H2,(H2,25,31)(H,27,30)/t14-/m1/s1. The quantitative estimate of drug-likeness (QED) is 0.405. The molecule has 2 heterocycles. The highest BCUT2D eigenvalue weighted by Crippen LogP contribution is 2.39. The maximum absolute atomic E-state index is 12.5. The summed E-state index contributed by atoms with van der Waals surface area (Å²) in [6.07, 6.45) is 0.916. The molecule has 4 rings (SSSR count). The molecule has 1 fully saturated rings. The van der Waals surface area contributed by atoms with Gasteiger partial charge in [0.25, 0.3) is 17.7 Å². The van der Waals surface area contributed by atoms with Crippen molar-refractivity contribution in [1.29, 1.82) is 0 Å². The highest BCUT2D eigenvalue weighted by molar-refractivity contribution is 6.38. The summed E-state index contributed by atoms with van der Waals surface area (Å²) in [4.78, 5) is 28.0. The second-order valence-electron chi connectivity index (χ2n) is 7.39. The molecule has 172 valence electrons. The van der Waals surface area contributed by atoms with Crippen LogP contribution in [0.5, 0.6) is 5.88 Å². The maximum atomic E-state index is 12.5. The Kier molecular flexibility index (Phi) is 7.02. The molecule has 11 heteroatoms. The first-order chi connectivity index (χ1) is 15.9. The van der Waals surface area contributed by atoms with Gasteiger partial charge in [-0.15, -0.1) is 0 Å². The van der Waals surface area contributed by atoms with Crippen LogP contribution in [0.3, 0.4) is 0 Å². The number of halogens is 2. The first-order valence-electron chi connectivity index (χ1n) is 10.2. The summed E-state index contributed by atoms with van der Waals surface area (Å²) in [5.41, 5.74) is 6.57. The lowest BCUT2D eigenvalue weighted by atomic mass is 10.1. The van der Waals surface area contributed by atoms with Gasteiger partial charge in [0.1, 0.15) is 0 Å². The average molecular weight is 490 g/mol. The van der Waals surface area contributed by atoms with E-state index >= 15 is 0 Å². The first kappa shape index (κ1) is 22.9. The maximum Gasteiger partial charge on any atom is 0.411 e. The topological polar surface area (TPSA) is 132 Å². The molecular weight excluding hydrogens is 469 g/mol. The Labute approximate surface area is 199 Å². The fourth-order valence-corrected chi connectivity index (χ4v) is 4.00. The van der Waals surface area contributed by atoms with Gasteiger partial charge in [0, 0.05) is 23.8 Å². The minimum absolute atomic E-state index is 0.0188. The summed E-state index contributed by atoms with van der Waals surface area (Å²) in [5, 5.41) is 9.87. The zero-order chi connectivity index (χ0) is 23.4. The number of oxazole rings is 1. The highest BCUT2D eigenvalue weighted by atomic mass is 35.5. The van der Waals surface area contributed by atoms with E-state index in [1.54, 1.807) is 42.5 Å². The number of carbonyl (C=O) groups excluding carboxylic acids is 2. The number of aromatic nitrogens is 1. The third kappa shape index (κ3) is 5.57. The molecule has 1 aliphatic heterocycles. The van der Waals surface area contributed by atoms with E-state index in [0.29, 0.717) is 26.9 Å². The molecule has 1 aliphatic rings. The lowest BCUT2D eigenvalue weighted by molar-refractivity contribution is 0.0930. The predicted octanol–water partition coefficient (Wildman–Crippen LogP) is 4.33. The molecule has 33 heavy (non-hydrogen) atoms. The van der Waals surface area contributed by atoms with E-state index in [9.17, 15) is 9.59 Å². The van der Waals surface area contributed by atoms with Crippen LogP contribution in [0.4, 0.5) is 16.4 Å². The van der Waals surface area contributed by atoms with Crippen molar-refractivity contribution in [3.05, 3.63) is 58.1 Å². The third-order valence-corrected chi connectivity index (χ3v) is 5.64. The number of carbonyl (C=O) groups is 2. The molecule has 0 spiro atoms. The van der Waals surface area contributed by atoms with Crippen molar-refractivity contribution >= 4 is 46.8 Å². The molecule has 0 aliphatic carbocycles. The van der Waals surface area contributed by atoms with Crippen LogP contribution in [0, 0.1) is 0 Å². The van der Waals surface area contributed by atoms with E-state index in [1.165, 1.54) is 0 Å². The SMILES string of the molecule is NC(=O)Oc1nc(-c2c(Cl)cccc2Cl)oc1Nc1ccc(C(=O)N[C@@H]2CCCNC2)cc1. The van der Waals surface area contributed by atoms with Crippen molar-refractivity contribution < 1.29 is 18.7 Å². The Balaban J connectivity index is 1.53. The smallest absolute Gasteiger partial charge is 0.411 e. The van der Waals surface area contributed by atoms with E-state index in [4.69, 9.17) is 38.1 Å². The summed E-state index contributed by atoms with van der Waals surface area (Å²) in [6, 6.07) is 11.8. The molecule has 1 atom stereocenters. The largest absolute Gasteiger partial charge is 0.416 e. The minimum Gasteiger partial charge on any atom is -0.416 e. The lowest BCUT2D eigenvalue weighted by Gasteiger charge is -2.23. The molecule has 0 saturated carbocycles. The van der Waals surface area contributed by atoms with Gasteiger partial charge in [0.05, 0.1) is 15.6 Å². The second kappa shape index (κ2) is 10.1. The number of nitrogens with zero attached hydrogens (tertiary/aromatic N) is 1. The molecule has 0 bridgehead atoms. The third-order valence-electron chi connectivity index (χ3n) is 5.01. The summed E-state index contributed by atoms with van der Waals surface area (Å²) in [7, 11) is 0. The molecule has 0 unspecified atom stereocenters. The van der Waals surface area contributed by atoms with Crippen LogP contribution in [0.25, 0.3) is 11.5 Å². The van der Waals surface area contributed by atoms with Crippen LogP contribution in [0.2, 0.25) is 10.0 Å². The number of hydrogen-bond acceptors (Lipinski definition) is 7. The summed E-state index contributed by atoms with van der Waals surface area (Å²) in [5.74, 6) is -0.268. The van der Waals surface area contributed by atoms with Crippen LogP contribution in [-0.2, 0) is 0 Å². The van der Waals surface area contributed by atoms with Gasteiger partial charge in [-0.25, -0.2) is 4.79 Å². The summed E-state index contributed by atoms with van der Waals surface area (Å²) >= 11 is 12.5. The van der Waals surface area contributed by atoms with Crippen molar-refractivity contribution in [2.24, 2.45) is 5.73 Å². The number of benzene rings is 2. The first-order valence-corrected chi connectivity index (χ1v) is 11.0. The zero-order valence-corrected chi connectivity index (χ0v) is 18.9. The van der Waals surface area contributed by atoms with Gasteiger partial charge >= 0.3 is 6.09 Å². The normalized spacial score (nSPS) is 15.6.